The van der Waals surface area contributed by atoms with E-state index in [0.29, 0.717) is 24.6 Å². The molecule has 0 aliphatic rings. The van der Waals surface area contributed by atoms with Crippen LogP contribution in [0, 0.1) is 0 Å². The monoisotopic (exact) mass is 273 g/mol. The minimum atomic E-state index is -0.0671. The Hall–Kier alpha value is -2.34. The van der Waals surface area contributed by atoms with E-state index < -0.39 is 0 Å². The Bertz CT molecular complexity index is 797. The molecule has 20 heavy (non-hydrogen) atoms. The van der Waals surface area contributed by atoms with Crippen LogP contribution in [0.3, 0.4) is 0 Å². The van der Waals surface area contributed by atoms with E-state index in [1.54, 1.807) is 29.4 Å². The molecule has 0 unspecified atom stereocenters. The fraction of sp³-hybridized carbons (Fsp3) is 0.286. The summed E-state index contributed by atoms with van der Waals surface area (Å²) >= 11 is 0. The minimum absolute atomic E-state index is 0.0671. The van der Waals surface area contributed by atoms with Gasteiger partial charge in [0, 0.05) is 20.2 Å². The highest BCUT2D eigenvalue weighted by Gasteiger charge is 2.12. The maximum Gasteiger partial charge on any atom is 0.329 e. The Morgan fingerprint density at radius 1 is 1.30 bits per heavy atom. The van der Waals surface area contributed by atoms with Gasteiger partial charge in [-0.2, -0.15) is 0 Å². The lowest BCUT2D eigenvalue weighted by atomic mass is 10.3. The number of methoxy groups -OCH3 is 1. The summed E-state index contributed by atoms with van der Waals surface area (Å²) in [6.45, 7) is 0.755. The Labute approximate surface area is 115 Å². The van der Waals surface area contributed by atoms with Crippen molar-refractivity contribution in [1.82, 2.24) is 14.3 Å². The van der Waals surface area contributed by atoms with Crippen molar-refractivity contribution in [1.29, 1.82) is 0 Å². The van der Waals surface area contributed by atoms with Crippen LogP contribution in [0.15, 0.2) is 39.6 Å². The second-order valence-corrected chi connectivity index (χ2v) is 4.63. The highest BCUT2D eigenvalue weighted by atomic mass is 16.5. The average molecular weight is 273 g/mol. The van der Waals surface area contributed by atoms with E-state index in [0.717, 1.165) is 11.0 Å². The smallest absolute Gasteiger partial charge is 0.329 e. The van der Waals surface area contributed by atoms with E-state index >= 15 is 0 Å². The molecule has 0 N–H and O–H groups in total. The molecule has 0 saturated heterocycles. The van der Waals surface area contributed by atoms with Gasteiger partial charge in [0.05, 0.1) is 17.6 Å². The fourth-order valence-electron chi connectivity index (χ4n) is 2.32. The molecular weight excluding hydrogens is 258 g/mol. The molecule has 2 heterocycles. The molecule has 0 amide bonds. The molecule has 0 aliphatic carbocycles. The summed E-state index contributed by atoms with van der Waals surface area (Å²) in [7, 11) is 3.36. The molecule has 6 heteroatoms. The molecule has 0 aliphatic heterocycles. The summed E-state index contributed by atoms with van der Waals surface area (Å²) in [6.07, 6.45) is 0. The van der Waals surface area contributed by atoms with Crippen LogP contribution in [0.1, 0.15) is 11.5 Å². The van der Waals surface area contributed by atoms with Gasteiger partial charge in [0.1, 0.15) is 12.3 Å². The lowest BCUT2D eigenvalue weighted by molar-refractivity contribution is 0.155. The highest BCUT2D eigenvalue weighted by molar-refractivity contribution is 5.75. The molecule has 0 fully saturated rings. The topological polar surface area (TPSA) is 62.2 Å². The Morgan fingerprint density at radius 3 is 2.80 bits per heavy atom. The maximum absolute atomic E-state index is 12.3. The largest absolute Gasteiger partial charge is 0.377 e. The van der Waals surface area contributed by atoms with Gasteiger partial charge in [-0.1, -0.05) is 17.3 Å². The number of benzene rings is 1. The van der Waals surface area contributed by atoms with E-state index in [1.807, 2.05) is 24.3 Å². The molecular formula is C14H15N3O3. The first-order valence-corrected chi connectivity index (χ1v) is 6.28. The van der Waals surface area contributed by atoms with Gasteiger partial charge in [0.2, 0.25) is 0 Å². The van der Waals surface area contributed by atoms with Crippen LogP contribution in [-0.2, 0) is 24.9 Å². The Kier molecular flexibility index (Phi) is 3.15. The van der Waals surface area contributed by atoms with Gasteiger partial charge in [-0.05, 0) is 12.1 Å². The van der Waals surface area contributed by atoms with Crippen molar-refractivity contribution in [3.8, 4) is 0 Å². The third-order valence-corrected chi connectivity index (χ3v) is 3.27. The van der Waals surface area contributed by atoms with Gasteiger partial charge >= 0.3 is 5.69 Å². The quantitative estimate of drug-likeness (QED) is 0.723. The van der Waals surface area contributed by atoms with Gasteiger partial charge in [-0.3, -0.25) is 9.13 Å². The zero-order valence-electron chi connectivity index (χ0n) is 11.4. The number of hydrogen-bond acceptors (Lipinski definition) is 4. The van der Waals surface area contributed by atoms with E-state index in [-0.39, 0.29) is 5.69 Å². The number of aryl methyl sites for hydroxylation is 1. The van der Waals surface area contributed by atoms with E-state index in [9.17, 15) is 4.79 Å². The summed E-state index contributed by atoms with van der Waals surface area (Å²) < 4.78 is 13.4. The lowest BCUT2D eigenvalue weighted by Crippen LogP contribution is -2.22. The second-order valence-electron chi connectivity index (χ2n) is 4.63. The molecule has 0 saturated carbocycles. The number of imidazole rings is 1. The number of ether oxygens (including phenoxy) is 1. The van der Waals surface area contributed by atoms with E-state index in [2.05, 4.69) is 5.16 Å². The molecule has 2 aromatic heterocycles. The van der Waals surface area contributed by atoms with Crippen molar-refractivity contribution < 1.29 is 9.26 Å². The number of hydrogen-bond donors (Lipinski definition) is 0. The number of rotatable bonds is 4. The molecule has 0 bridgehead atoms. The first-order valence-electron chi connectivity index (χ1n) is 6.28. The molecule has 0 spiro atoms. The normalized spacial score (nSPS) is 11.3. The predicted octanol–water partition coefficient (Wildman–Crippen LogP) is 1.52. The molecule has 104 valence electrons. The molecule has 3 aromatic rings. The summed E-state index contributed by atoms with van der Waals surface area (Å²) in [5.74, 6) is 0.649. The van der Waals surface area contributed by atoms with Gasteiger partial charge < -0.3 is 9.26 Å². The first kappa shape index (κ1) is 12.7. The van der Waals surface area contributed by atoms with E-state index in [1.165, 1.54) is 0 Å². The standard InChI is InChI=1S/C14H15N3O3/c1-16-12-5-3-4-6-13(12)17(14(16)18)8-10-7-11(9-19-2)20-15-10/h3-7H,8-9H2,1-2H3. The predicted molar refractivity (Wildman–Crippen MR) is 73.5 cm³/mol. The van der Waals surface area contributed by atoms with Crippen molar-refractivity contribution >= 4 is 11.0 Å². The zero-order chi connectivity index (χ0) is 14.1. The lowest BCUT2D eigenvalue weighted by Gasteiger charge is -1.98. The van der Waals surface area contributed by atoms with Crippen molar-refractivity contribution in [3.63, 3.8) is 0 Å². The van der Waals surface area contributed by atoms with Crippen molar-refractivity contribution in [2.45, 2.75) is 13.2 Å². The summed E-state index contributed by atoms with van der Waals surface area (Å²) in [5, 5.41) is 3.96. The molecule has 6 nitrogen and oxygen atoms in total. The Morgan fingerprint density at radius 2 is 2.05 bits per heavy atom. The van der Waals surface area contributed by atoms with Crippen molar-refractivity contribution in [2.24, 2.45) is 7.05 Å². The molecule has 3 rings (SSSR count). The van der Waals surface area contributed by atoms with Crippen LogP contribution in [0.25, 0.3) is 11.0 Å². The number of nitrogens with zero attached hydrogens (tertiary/aromatic N) is 3. The maximum atomic E-state index is 12.3. The van der Waals surface area contributed by atoms with Crippen molar-refractivity contribution in [3.05, 3.63) is 52.3 Å². The van der Waals surface area contributed by atoms with Crippen molar-refractivity contribution in [2.75, 3.05) is 7.11 Å². The highest BCUT2D eigenvalue weighted by Crippen LogP contribution is 2.13. The number of para-hydroxylation sites is 2. The Balaban J connectivity index is 2.02. The second kappa shape index (κ2) is 4.97. The summed E-state index contributed by atoms with van der Waals surface area (Å²) in [5.41, 5.74) is 2.42. The fourth-order valence-corrected chi connectivity index (χ4v) is 2.32. The van der Waals surface area contributed by atoms with Gasteiger partial charge in [0.15, 0.2) is 5.76 Å². The summed E-state index contributed by atoms with van der Waals surface area (Å²) in [6, 6.07) is 9.48. The minimum Gasteiger partial charge on any atom is -0.377 e. The van der Waals surface area contributed by atoms with Crippen LogP contribution in [0.2, 0.25) is 0 Å². The third-order valence-electron chi connectivity index (χ3n) is 3.27. The van der Waals surface area contributed by atoms with Crippen LogP contribution in [0.4, 0.5) is 0 Å². The first-order chi connectivity index (χ1) is 9.70. The van der Waals surface area contributed by atoms with E-state index in [4.69, 9.17) is 9.26 Å². The number of fused-ring (bicyclic) bond motifs is 1. The molecule has 1 aromatic carbocycles. The molecule has 0 atom stereocenters. The van der Waals surface area contributed by atoms with Gasteiger partial charge in [-0.25, -0.2) is 4.79 Å². The average Bonchev–Trinajstić information content (AvgIpc) is 2.99. The molecule has 0 radical (unpaired) electrons. The number of aromatic nitrogens is 3. The SMILES string of the molecule is COCc1cc(Cn2c(=O)n(C)c3ccccc32)no1. The van der Waals surface area contributed by atoms with Gasteiger partial charge in [0.25, 0.3) is 0 Å². The van der Waals surface area contributed by atoms with Crippen LogP contribution in [-0.4, -0.2) is 21.4 Å². The zero-order valence-corrected chi connectivity index (χ0v) is 11.4. The summed E-state index contributed by atoms with van der Waals surface area (Å²) in [4.78, 5) is 12.3. The third kappa shape index (κ3) is 2.04. The van der Waals surface area contributed by atoms with Crippen LogP contribution in [0.5, 0.6) is 0 Å². The van der Waals surface area contributed by atoms with Crippen LogP contribution < -0.4 is 5.69 Å². The van der Waals surface area contributed by atoms with Crippen LogP contribution >= 0.6 is 0 Å². The van der Waals surface area contributed by atoms with Gasteiger partial charge in [-0.15, -0.1) is 0 Å².